The molecule has 0 radical (unpaired) electrons. The monoisotopic (exact) mass is 384 g/mol. The van der Waals surface area contributed by atoms with E-state index < -0.39 is 39.4 Å². The van der Waals surface area contributed by atoms with E-state index in [9.17, 15) is 22.8 Å². The first-order valence-electron chi connectivity index (χ1n) is 8.03. The number of nitrogens with one attached hydrogen (secondary N) is 2. The maximum Gasteiger partial charge on any atom is 0.340 e. The lowest BCUT2D eigenvalue weighted by atomic mass is 10.1. The Balaban J connectivity index is 2.86. The molecule has 0 saturated carbocycles. The van der Waals surface area contributed by atoms with Gasteiger partial charge in [-0.15, -0.1) is 0 Å². The highest BCUT2D eigenvalue weighted by molar-refractivity contribution is 7.91. The molecule has 26 heavy (non-hydrogen) atoms. The summed E-state index contributed by atoms with van der Waals surface area (Å²) in [5.41, 5.74) is -0.703. The summed E-state index contributed by atoms with van der Waals surface area (Å²) in [6.45, 7) is 7.97. The second kappa shape index (κ2) is 8.31. The second-order valence-electron chi connectivity index (χ2n) is 6.64. The van der Waals surface area contributed by atoms with Gasteiger partial charge >= 0.3 is 12.0 Å². The number of sulfone groups is 1. The fraction of sp³-hybridized carbons (Fsp3) is 0.471. The van der Waals surface area contributed by atoms with Gasteiger partial charge < -0.3 is 10.1 Å². The highest BCUT2D eigenvalue weighted by Crippen LogP contribution is 2.18. The van der Waals surface area contributed by atoms with Crippen molar-refractivity contribution < 1.29 is 27.5 Å². The van der Waals surface area contributed by atoms with Crippen molar-refractivity contribution in [3.63, 3.8) is 0 Å². The average Bonchev–Trinajstić information content (AvgIpc) is 2.52. The number of hydrogen-bond acceptors (Lipinski definition) is 6. The topological polar surface area (TPSA) is 119 Å². The van der Waals surface area contributed by atoms with Crippen LogP contribution in [0.1, 0.15) is 45.0 Å². The quantitative estimate of drug-likeness (QED) is 0.745. The Hall–Kier alpha value is -2.42. The molecule has 144 valence electrons. The molecule has 0 saturated heterocycles. The number of carbonyl (C=O) groups excluding carboxylic acids is 3. The minimum absolute atomic E-state index is 0.159. The summed E-state index contributed by atoms with van der Waals surface area (Å²) in [5.74, 6) is -1.97. The lowest BCUT2D eigenvalue weighted by molar-refractivity contribution is -0.127. The summed E-state index contributed by atoms with van der Waals surface area (Å²) >= 11 is 0. The van der Waals surface area contributed by atoms with Crippen molar-refractivity contribution in [3.8, 4) is 0 Å². The summed E-state index contributed by atoms with van der Waals surface area (Å²) in [4.78, 5) is 35.8. The third-order valence-electron chi connectivity index (χ3n) is 3.20. The minimum atomic E-state index is -3.63. The molecule has 2 N–H and O–H groups in total. The molecule has 8 nitrogen and oxygen atoms in total. The molecule has 3 amide bonds. The molecule has 0 aromatic heterocycles. The first-order valence-corrected chi connectivity index (χ1v) is 9.68. The van der Waals surface area contributed by atoms with E-state index in [0.717, 1.165) is 0 Å². The maximum absolute atomic E-state index is 12.3. The fourth-order valence-corrected chi connectivity index (χ4v) is 3.01. The van der Waals surface area contributed by atoms with Gasteiger partial charge in [0.2, 0.25) is 0 Å². The lowest BCUT2D eigenvalue weighted by Crippen LogP contribution is -2.50. The van der Waals surface area contributed by atoms with Crippen molar-refractivity contribution in [1.82, 2.24) is 10.6 Å². The Morgan fingerprint density at radius 1 is 1.15 bits per heavy atom. The van der Waals surface area contributed by atoms with Crippen LogP contribution in [0.4, 0.5) is 4.79 Å². The number of amides is 3. The number of ether oxygens (including phenoxy) is 1. The molecule has 0 spiro atoms. The number of hydrogen-bond donors (Lipinski definition) is 2. The molecule has 0 aliphatic carbocycles. The predicted molar refractivity (Wildman–Crippen MR) is 95.5 cm³/mol. The van der Waals surface area contributed by atoms with Crippen LogP contribution in [0.5, 0.6) is 0 Å². The van der Waals surface area contributed by atoms with E-state index in [1.807, 2.05) is 0 Å². The van der Waals surface area contributed by atoms with Gasteiger partial charge in [0.15, 0.2) is 15.9 Å². The van der Waals surface area contributed by atoms with Crippen molar-refractivity contribution >= 4 is 27.7 Å². The average molecular weight is 384 g/mol. The van der Waals surface area contributed by atoms with Gasteiger partial charge in [-0.1, -0.05) is 19.1 Å². The maximum atomic E-state index is 12.3. The van der Waals surface area contributed by atoms with Crippen molar-refractivity contribution in [2.24, 2.45) is 0 Å². The summed E-state index contributed by atoms with van der Waals surface area (Å²) in [5, 5.41) is 4.60. The first kappa shape index (κ1) is 21.6. The Labute approximate surface area is 153 Å². The van der Waals surface area contributed by atoms with Crippen LogP contribution < -0.4 is 10.6 Å². The highest BCUT2D eigenvalue weighted by Gasteiger charge is 2.26. The Bertz CT molecular complexity index is 796. The van der Waals surface area contributed by atoms with Gasteiger partial charge in [0.05, 0.1) is 16.2 Å². The molecular weight excluding hydrogens is 360 g/mol. The summed E-state index contributed by atoms with van der Waals surface area (Å²) < 4.78 is 29.2. The molecular formula is C17H24N2O6S. The predicted octanol–water partition coefficient (Wildman–Crippen LogP) is 1.65. The molecule has 0 bridgehead atoms. The fourth-order valence-electron chi connectivity index (χ4n) is 1.92. The van der Waals surface area contributed by atoms with Crippen molar-refractivity contribution in [2.75, 3.05) is 5.75 Å². The molecule has 0 fully saturated rings. The van der Waals surface area contributed by atoms with Gasteiger partial charge in [0.1, 0.15) is 0 Å². The smallest absolute Gasteiger partial charge is 0.340 e. The SMILES string of the molecule is CCS(=O)(=O)c1ccccc1C(=O)O[C@H](C)C(=O)NC(=O)NC(C)(C)C. The molecule has 1 atom stereocenters. The van der Waals surface area contributed by atoms with Gasteiger partial charge in [0.25, 0.3) is 5.91 Å². The molecule has 1 aromatic carbocycles. The van der Waals surface area contributed by atoms with Crippen LogP contribution in [-0.2, 0) is 19.4 Å². The van der Waals surface area contributed by atoms with E-state index in [1.165, 1.54) is 38.1 Å². The van der Waals surface area contributed by atoms with E-state index in [4.69, 9.17) is 4.74 Å². The van der Waals surface area contributed by atoms with E-state index in [1.54, 1.807) is 20.8 Å². The number of carbonyl (C=O) groups is 3. The highest BCUT2D eigenvalue weighted by atomic mass is 32.2. The lowest BCUT2D eigenvalue weighted by Gasteiger charge is -2.21. The van der Waals surface area contributed by atoms with E-state index in [2.05, 4.69) is 10.6 Å². The van der Waals surface area contributed by atoms with Gasteiger partial charge in [0, 0.05) is 5.54 Å². The minimum Gasteiger partial charge on any atom is -0.449 e. The van der Waals surface area contributed by atoms with Crippen LogP contribution in [0.15, 0.2) is 29.2 Å². The van der Waals surface area contributed by atoms with Crippen molar-refractivity contribution in [3.05, 3.63) is 29.8 Å². The molecule has 0 aliphatic heterocycles. The van der Waals surface area contributed by atoms with Gasteiger partial charge in [-0.2, -0.15) is 0 Å². The second-order valence-corrected chi connectivity index (χ2v) is 8.89. The molecule has 1 aromatic rings. The number of benzene rings is 1. The summed E-state index contributed by atoms with van der Waals surface area (Å²) in [6.07, 6.45) is -1.29. The molecule has 9 heteroatoms. The number of urea groups is 1. The summed E-state index contributed by atoms with van der Waals surface area (Å²) in [7, 11) is -3.63. The number of rotatable bonds is 5. The number of esters is 1. The molecule has 1 rings (SSSR count). The first-order chi connectivity index (χ1) is 11.9. The van der Waals surface area contributed by atoms with Crippen LogP contribution in [0.25, 0.3) is 0 Å². The molecule has 0 unspecified atom stereocenters. The molecule has 0 heterocycles. The van der Waals surface area contributed by atoms with Crippen LogP contribution in [-0.4, -0.2) is 43.7 Å². The third kappa shape index (κ3) is 6.14. The van der Waals surface area contributed by atoms with E-state index >= 15 is 0 Å². The van der Waals surface area contributed by atoms with Crippen LogP contribution in [0.3, 0.4) is 0 Å². The molecule has 0 aliphatic rings. The third-order valence-corrected chi connectivity index (χ3v) is 4.99. The Morgan fingerprint density at radius 3 is 2.27 bits per heavy atom. The Morgan fingerprint density at radius 2 is 1.73 bits per heavy atom. The largest absolute Gasteiger partial charge is 0.449 e. The van der Waals surface area contributed by atoms with Crippen molar-refractivity contribution in [1.29, 1.82) is 0 Å². The van der Waals surface area contributed by atoms with Crippen LogP contribution in [0, 0.1) is 0 Å². The zero-order valence-corrected chi connectivity index (χ0v) is 16.3. The van der Waals surface area contributed by atoms with Gasteiger partial charge in [-0.25, -0.2) is 18.0 Å². The normalized spacial score (nSPS) is 12.8. The zero-order valence-electron chi connectivity index (χ0n) is 15.5. The number of imide groups is 1. The van der Waals surface area contributed by atoms with Crippen molar-refractivity contribution in [2.45, 2.75) is 51.2 Å². The van der Waals surface area contributed by atoms with Gasteiger partial charge in [-0.3, -0.25) is 10.1 Å². The standard InChI is InChI=1S/C17H24N2O6S/c1-6-26(23,24)13-10-8-7-9-12(13)15(21)25-11(2)14(20)18-16(22)19-17(3,4)5/h7-11H,6H2,1-5H3,(H2,18,19,20,22)/t11-/m1/s1. The van der Waals surface area contributed by atoms with Crippen LogP contribution in [0.2, 0.25) is 0 Å². The summed E-state index contributed by atoms with van der Waals surface area (Å²) in [6, 6.07) is 4.87. The zero-order chi connectivity index (χ0) is 20.1. The van der Waals surface area contributed by atoms with E-state index in [0.29, 0.717) is 0 Å². The Kier molecular flexibility index (Phi) is 6.91. The van der Waals surface area contributed by atoms with E-state index in [-0.39, 0.29) is 16.2 Å². The van der Waals surface area contributed by atoms with Gasteiger partial charge in [-0.05, 0) is 39.8 Å². The van der Waals surface area contributed by atoms with Crippen LogP contribution >= 0.6 is 0 Å².